The fourth-order valence-electron chi connectivity index (χ4n) is 1.71. The third kappa shape index (κ3) is 3.41. The summed E-state index contributed by atoms with van der Waals surface area (Å²) in [5.41, 5.74) is 1.63. The second-order valence-corrected chi connectivity index (χ2v) is 4.09. The largest absolute Gasteiger partial charge is 0.394 e. The monoisotopic (exact) mass is 263 g/mol. The summed E-state index contributed by atoms with van der Waals surface area (Å²) >= 11 is 0. The average Bonchev–Trinajstić information content (AvgIpc) is 2.86. The Kier molecular flexibility index (Phi) is 4.30. The van der Waals surface area contributed by atoms with Crippen LogP contribution in [0.2, 0.25) is 0 Å². The molecule has 7 nitrogen and oxygen atoms in total. The van der Waals surface area contributed by atoms with E-state index in [-0.39, 0.29) is 12.2 Å². The third-order valence-corrected chi connectivity index (χ3v) is 2.71. The smallest absolute Gasteiger partial charge is 0.250 e. The molecular weight excluding hydrogens is 246 g/mol. The number of rotatable bonds is 6. The summed E-state index contributed by atoms with van der Waals surface area (Å²) in [6, 6.07) is 3.28. The van der Waals surface area contributed by atoms with Crippen LogP contribution < -0.4 is 10.9 Å². The van der Waals surface area contributed by atoms with Crippen molar-refractivity contribution in [2.24, 2.45) is 0 Å². The number of hydrogen-bond donors (Lipinski definition) is 2. The summed E-state index contributed by atoms with van der Waals surface area (Å²) in [5, 5.41) is 19.8. The van der Waals surface area contributed by atoms with Gasteiger partial charge in [-0.05, 0) is 13.0 Å². The highest BCUT2D eigenvalue weighted by Gasteiger charge is 2.01. The quantitative estimate of drug-likeness (QED) is 0.770. The maximum atomic E-state index is 11.4. The van der Waals surface area contributed by atoms with Crippen LogP contribution in [-0.4, -0.2) is 31.3 Å². The van der Waals surface area contributed by atoms with Crippen molar-refractivity contribution in [3.05, 3.63) is 40.6 Å². The lowest BCUT2D eigenvalue weighted by molar-refractivity contribution is 0.268. The topological polar surface area (TPSA) is 85.0 Å². The molecule has 0 radical (unpaired) electrons. The molecule has 7 heteroatoms. The van der Waals surface area contributed by atoms with Gasteiger partial charge >= 0.3 is 0 Å². The van der Waals surface area contributed by atoms with E-state index in [2.05, 4.69) is 15.6 Å². The molecule has 0 aliphatic heterocycles. The number of aliphatic hydroxyl groups excluding tert-OH is 1. The number of nitrogens with one attached hydrogen (secondary N) is 1. The van der Waals surface area contributed by atoms with Crippen molar-refractivity contribution in [3.63, 3.8) is 0 Å². The molecule has 2 aromatic heterocycles. The molecule has 2 rings (SSSR count). The van der Waals surface area contributed by atoms with E-state index in [1.54, 1.807) is 27.7 Å². The SMILES string of the molecule is CCn1cc(NCc2cn(CCO)nn2)ccc1=O. The Labute approximate surface area is 110 Å². The van der Waals surface area contributed by atoms with Crippen molar-refractivity contribution in [1.29, 1.82) is 0 Å². The Morgan fingerprint density at radius 2 is 2.21 bits per heavy atom. The molecule has 19 heavy (non-hydrogen) atoms. The van der Waals surface area contributed by atoms with Gasteiger partial charge in [0, 0.05) is 18.8 Å². The molecule has 0 atom stereocenters. The summed E-state index contributed by atoms with van der Waals surface area (Å²) in [7, 11) is 0. The molecule has 0 amide bonds. The van der Waals surface area contributed by atoms with Crippen molar-refractivity contribution >= 4 is 5.69 Å². The van der Waals surface area contributed by atoms with Crippen LogP contribution in [0.25, 0.3) is 0 Å². The molecule has 0 saturated carbocycles. The minimum absolute atomic E-state index is 0.0121. The molecule has 0 bridgehead atoms. The molecule has 2 N–H and O–H groups in total. The van der Waals surface area contributed by atoms with Crippen molar-refractivity contribution in [2.45, 2.75) is 26.6 Å². The number of nitrogens with zero attached hydrogens (tertiary/aromatic N) is 4. The summed E-state index contributed by atoms with van der Waals surface area (Å²) in [6.45, 7) is 3.56. The Morgan fingerprint density at radius 3 is 2.95 bits per heavy atom. The van der Waals surface area contributed by atoms with E-state index in [1.807, 2.05) is 6.92 Å². The van der Waals surface area contributed by atoms with Gasteiger partial charge in [0.15, 0.2) is 0 Å². The van der Waals surface area contributed by atoms with Crippen molar-refractivity contribution < 1.29 is 5.11 Å². The normalized spacial score (nSPS) is 10.6. The van der Waals surface area contributed by atoms with E-state index in [9.17, 15) is 4.79 Å². The van der Waals surface area contributed by atoms with Gasteiger partial charge in [0.2, 0.25) is 0 Å². The van der Waals surface area contributed by atoms with Crippen LogP contribution in [0.1, 0.15) is 12.6 Å². The maximum absolute atomic E-state index is 11.4. The number of hydrogen-bond acceptors (Lipinski definition) is 5. The first-order chi connectivity index (χ1) is 9.22. The zero-order chi connectivity index (χ0) is 13.7. The van der Waals surface area contributed by atoms with Crippen molar-refractivity contribution in [1.82, 2.24) is 19.6 Å². The van der Waals surface area contributed by atoms with Crippen LogP contribution >= 0.6 is 0 Å². The minimum Gasteiger partial charge on any atom is -0.394 e. The zero-order valence-electron chi connectivity index (χ0n) is 10.8. The second kappa shape index (κ2) is 6.14. The fraction of sp³-hybridized carbons (Fsp3) is 0.417. The predicted molar refractivity (Wildman–Crippen MR) is 70.8 cm³/mol. The summed E-state index contributed by atoms with van der Waals surface area (Å²) in [5.74, 6) is 0. The fourth-order valence-corrected chi connectivity index (χ4v) is 1.71. The number of aromatic nitrogens is 4. The van der Waals surface area contributed by atoms with Crippen LogP contribution in [0.15, 0.2) is 29.3 Å². The Morgan fingerprint density at radius 1 is 1.37 bits per heavy atom. The molecule has 0 aliphatic carbocycles. The van der Waals surface area contributed by atoms with Gasteiger partial charge in [0.05, 0.1) is 31.6 Å². The summed E-state index contributed by atoms with van der Waals surface area (Å²) in [4.78, 5) is 11.4. The molecular formula is C12H17N5O2. The Bertz CT molecular complexity index is 590. The van der Waals surface area contributed by atoms with E-state index in [0.29, 0.717) is 19.6 Å². The van der Waals surface area contributed by atoms with E-state index >= 15 is 0 Å². The third-order valence-electron chi connectivity index (χ3n) is 2.71. The Balaban J connectivity index is 1.99. The highest BCUT2D eigenvalue weighted by Crippen LogP contribution is 2.05. The van der Waals surface area contributed by atoms with E-state index in [4.69, 9.17) is 5.11 Å². The predicted octanol–water partition coefficient (Wildman–Crippen LogP) is 0.0641. The molecule has 0 fully saturated rings. The van der Waals surface area contributed by atoms with Crippen molar-refractivity contribution in [3.8, 4) is 0 Å². The maximum Gasteiger partial charge on any atom is 0.250 e. The Hall–Kier alpha value is -2.15. The van der Waals surface area contributed by atoms with Crippen LogP contribution in [0.5, 0.6) is 0 Å². The van der Waals surface area contributed by atoms with Gasteiger partial charge in [0.25, 0.3) is 5.56 Å². The molecule has 0 spiro atoms. The lowest BCUT2D eigenvalue weighted by atomic mass is 10.3. The summed E-state index contributed by atoms with van der Waals surface area (Å²) < 4.78 is 3.22. The number of pyridine rings is 1. The van der Waals surface area contributed by atoms with Gasteiger partial charge in [0.1, 0.15) is 5.69 Å². The van der Waals surface area contributed by atoms with Gasteiger partial charge in [-0.1, -0.05) is 5.21 Å². The first-order valence-corrected chi connectivity index (χ1v) is 6.17. The molecule has 0 unspecified atom stereocenters. The lowest BCUT2D eigenvalue weighted by Gasteiger charge is -2.07. The lowest BCUT2D eigenvalue weighted by Crippen LogP contribution is -2.17. The second-order valence-electron chi connectivity index (χ2n) is 4.09. The van der Waals surface area contributed by atoms with Gasteiger partial charge in [-0.2, -0.15) is 0 Å². The summed E-state index contributed by atoms with van der Waals surface area (Å²) in [6.07, 6.45) is 3.56. The molecule has 0 aromatic carbocycles. The van der Waals surface area contributed by atoms with Crippen LogP contribution in [0.3, 0.4) is 0 Å². The highest BCUT2D eigenvalue weighted by molar-refractivity contribution is 5.40. The molecule has 2 aromatic rings. The number of aryl methyl sites for hydroxylation is 1. The molecule has 102 valence electrons. The van der Waals surface area contributed by atoms with Crippen LogP contribution in [0, 0.1) is 0 Å². The van der Waals surface area contributed by atoms with E-state index < -0.39 is 0 Å². The van der Waals surface area contributed by atoms with Gasteiger partial charge in [-0.3, -0.25) is 4.79 Å². The van der Waals surface area contributed by atoms with Crippen molar-refractivity contribution in [2.75, 3.05) is 11.9 Å². The van der Waals surface area contributed by atoms with E-state index in [1.165, 1.54) is 6.07 Å². The standard InChI is InChI=1S/C12H17N5O2/c1-2-16-8-10(3-4-12(16)19)13-7-11-9-17(5-6-18)15-14-11/h3-4,8-9,13,18H,2,5-7H2,1H3. The highest BCUT2D eigenvalue weighted by atomic mass is 16.3. The first-order valence-electron chi connectivity index (χ1n) is 6.17. The molecule has 0 saturated heterocycles. The van der Waals surface area contributed by atoms with Gasteiger partial charge in [-0.25, -0.2) is 4.68 Å². The van der Waals surface area contributed by atoms with Crippen LogP contribution in [-0.2, 0) is 19.6 Å². The number of aliphatic hydroxyl groups is 1. The van der Waals surface area contributed by atoms with E-state index in [0.717, 1.165) is 11.4 Å². The van der Waals surface area contributed by atoms with Gasteiger partial charge < -0.3 is 15.0 Å². The molecule has 0 aliphatic rings. The first kappa shape index (κ1) is 13.3. The van der Waals surface area contributed by atoms with Crippen LogP contribution in [0.4, 0.5) is 5.69 Å². The average molecular weight is 263 g/mol. The van der Waals surface area contributed by atoms with Gasteiger partial charge in [-0.15, -0.1) is 5.10 Å². The number of anilines is 1. The zero-order valence-corrected chi connectivity index (χ0v) is 10.8. The minimum atomic E-state index is -0.0121. The molecule has 2 heterocycles.